The molecule has 4 aromatic rings. The third-order valence-electron chi connectivity index (χ3n) is 4.13. The number of ether oxygens (including phenoxy) is 1. The molecule has 0 spiro atoms. The fraction of sp³-hybridized carbons (Fsp3) is 0.105. The number of aliphatic hydroxyl groups is 1. The highest BCUT2D eigenvalue weighted by atomic mass is 35.5. The molecule has 0 atom stereocenters. The molecule has 0 amide bonds. The van der Waals surface area contributed by atoms with Gasteiger partial charge in [0.25, 0.3) is 0 Å². The van der Waals surface area contributed by atoms with Gasteiger partial charge >= 0.3 is 0 Å². The molecule has 0 aliphatic carbocycles. The molecular formula is C19H16ClFN6O2. The zero-order chi connectivity index (χ0) is 20.4. The molecule has 0 fully saturated rings. The zero-order valence-corrected chi connectivity index (χ0v) is 15.7. The normalized spacial score (nSPS) is 11.0. The number of pyridine rings is 1. The van der Waals surface area contributed by atoms with Crippen LogP contribution in [0.5, 0.6) is 11.5 Å². The zero-order valence-electron chi connectivity index (χ0n) is 15.0. The Morgan fingerprint density at radius 2 is 2.07 bits per heavy atom. The van der Waals surface area contributed by atoms with Crippen molar-refractivity contribution >= 4 is 40.1 Å². The Hall–Kier alpha value is -3.43. The van der Waals surface area contributed by atoms with Gasteiger partial charge in [-0.2, -0.15) is 4.98 Å². The summed E-state index contributed by atoms with van der Waals surface area (Å²) in [5, 5.41) is 13.0. The number of nitrogens with one attached hydrogen (secondary N) is 2. The highest BCUT2D eigenvalue weighted by molar-refractivity contribution is 6.29. The summed E-state index contributed by atoms with van der Waals surface area (Å²) < 4.78 is 20.5. The second-order valence-corrected chi connectivity index (χ2v) is 6.51. The number of aromatic amines is 1. The topological polar surface area (TPSA) is 122 Å². The highest BCUT2D eigenvalue weighted by Gasteiger charge is 2.14. The maximum Gasteiger partial charge on any atom is 0.223 e. The van der Waals surface area contributed by atoms with Crippen molar-refractivity contribution in [3.8, 4) is 11.5 Å². The third-order valence-corrected chi connectivity index (χ3v) is 4.33. The van der Waals surface area contributed by atoms with Crippen molar-refractivity contribution in [3.63, 3.8) is 0 Å². The number of aliphatic hydroxyl groups excluding tert-OH is 1. The number of aromatic nitrogens is 4. The van der Waals surface area contributed by atoms with Gasteiger partial charge in [0.05, 0.1) is 5.39 Å². The first-order valence-corrected chi connectivity index (χ1v) is 9.01. The minimum atomic E-state index is -0.577. The molecule has 0 aliphatic heterocycles. The lowest BCUT2D eigenvalue weighted by atomic mass is 10.1. The summed E-state index contributed by atoms with van der Waals surface area (Å²) in [5.74, 6) is 0.251. The molecule has 8 nitrogen and oxygen atoms in total. The van der Waals surface area contributed by atoms with E-state index in [0.29, 0.717) is 34.7 Å². The average Bonchev–Trinajstić information content (AvgIpc) is 3.07. The van der Waals surface area contributed by atoms with E-state index in [-0.39, 0.29) is 23.5 Å². The summed E-state index contributed by atoms with van der Waals surface area (Å²) >= 11 is 5.85. The molecule has 148 valence electrons. The number of fused-ring (bicyclic) bond motifs is 1. The second-order valence-electron chi connectivity index (χ2n) is 6.13. The molecule has 0 radical (unpaired) electrons. The summed E-state index contributed by atoms with van der Waals surface area (Å²) in [6, 6.07) is 7.52. The molecule has 3 aromatic heterocycles. The summed E-state index contributed by atoms with van der Waals surface area (Å²) in [6.07, 6.45) is 3.74. The van der Waals surface area contributed by atoms with Crippen molar-refractivity contribution in [2.24, 2.45) is 0 Å². The lowest BCUT2D eigenvalue weighted by Gasteiger charge is -2.11. The molecule has 0 saturated heterocycles. The van der Waals surface area contributed by atoms with Crippen LogP contribution in [0.1, 0.15) is 5.56 Å². The van der Waals surface area contributed by atoms with Crippen molar-refractivity contribution in [2.45, 2.75) is 6.42 Å². The van der Waals surface area contributed by atoms with Crippen molar-refractivity contribution in [3.05, 3.63) is 59.3 Å². The Labute approximate surface area is 169 Å². The van der Waals surface area contributed by atoms with Crippen LogP contribution in [-0.4, -0.2) is 31.6 Å². The molecule has 4 rings (SSSR count). The Kier molecular flexibility index (Phi) is 5.15. The summed E-state index contributed by atoms with van der Waals surface area (Å²) in [7, 11) is 0. The van der Waals surface area contributed by atoms with Gasteiger partial charge in [0.2, 0.25) is 5.95 Å². The van der Waals surface area contributed by atoms with E-state index in [1.807, 2.05) is 0 Å². The number of nitrogens with two attached hydrogens (primary N) is 1. The number of halogens is 2. The largest absolute Gasteiger partial charge is 0.453 e. The molecule has 0 unspecified atom stereocenters. The number of rotatable bonds is 6. The molecule has 0 saturated carbocycles. The maximum atomic E-state index is 14.7. The van der Waals surface area contributed by atoms with Crippen LogP contribution in [-0.2, 0) is 6.42 Å². The lowest BCUT2D eigenvalue weighted by molar-refractivity contribution is 0.300. The number of hydrogen-bond acceptors (Lipinski definition) is 7. The van der Waals surface area contributed by atoms with Gasteiger partial charge < -0.3 is 25.9 Å². The monoisotopic (exact) mass is 414 g/mol. The van der Waals surface area contributed by atoms with Crippen LogP contribution in [0.2, 0.25) is 5.15 Å². The lowest BCUT2D eigenvalue weighted by Crippen LogP contribution is -2.00. The van der Waals surface area contributed by atoms with E-state index in [4.69, 9.17) is 22.1 Å². The number of hydrogen-bond donors (Lipinski definition) is 4. The van der Waals surface area contributed by atoms with Gasteiger partial charge in [-0.05, 0) is 30.2 Å². The quantitative estimate of drug-likeness (QED) is 0.354. The van der Waals surface area contributed by atoms with Crippen LogP contribution in [0.15, 0.2) is 42.7 Å². The van der Waals surface area contributed by atoms with E-state index in [1.54, 1.807) is 24.5 Å². The van der Waals surface area contributed by atoms with E-state index in [2.05, 4.69) is 25.3 Å². The number of anilines is 3. The highest BCUT2D eigenvalue weighted by Crippen LogP contribution is 2.33. The van der Waals surface area contributed by atoms with Gasteiger partial charge in [-0.25, -0.2) is 14.4 Å². The summed E-state index contributed by atoms with van der Waals surface area (Å²) in [6.45, 7) is -0.0203. The van der Waals surface area contributed by atoms with Crippen molar-refractivity contribution in [1.29, 1.82) is 0 Å². The minimum Gasteiger partial charge on any atom is -0.453 e. The van der Waals surface area contributed by atoms with Gasteiger partial charge in [-0.1, -0.05) is 11.6 Å². The van der Waals surface area contributed by atoms with Gasteiger partial charge in [0, 0.05) is 36.8 Å². The average molecular weight is 415 g/mol. The summed E-state index contributed by atoms with van der Waals surface area (Å²) in [5.41, 5.74) is 7.43. The molecule has 29 heavy (non-hydrogen) atoms. The Bertz CT molecular complexity index is 1160. The standard InChI is InChI=1S/C19H16ClFN6O2/c20-15-8-16(27-19(22)26-15)25-11-1-2-13(12(21)7-11)29-14-3-5-23-18-17(14)10(4-6-28)9-24-18/h1-3,5,7-9,28H,4,6H2,(H,23,24)(H3,22,25,26,27). The molecule has 1 aromatic carbocycles. The van der Waals surface area contributed by atoms with Gasteiger partial charge in [-0.3, -0.25) is 0 Å². The van der Waals surface area contributed by atoms with Crippen molar-refractivity contribution < 1.29 is 14.2 Å². The molecular weight excluding hydrogens is 399 g/mol. The van der Waals surface area contributed by atoms with E-state index >= 15 is 0 Å². The first-order valence-electron chi connectivity index (χ1n) is 8.64. The fourth-order valence-corrected chi connectivity index (χ4v) is 3.11. The molecule has 10 heteroatoms. The van der Waals surface area contributed by atoms with Crippen LogP contribution >= 0.6 is 11.6 Å². The first-order chi connectivity index (χ1) is 14.0. The van der Waals surface area contributed by atoms with Crippen molar-refractivity contribution in [2.75, 3.05) is 17.7 Å². The van der Waals surface area contributed by atoms with Gasteiger partial charge in [0.1, 0.15) is 22.4 Å². The van der Waals surface area contributed by atoms with Crippen LogP contribution in [0, 0.1) is 5.82 Å². The van der Waals surface area contributed by atoms with Crippen LogP contribution in [0.4, 0.5) is 21.8 Å². The van der Waals surface area contributed by atoms with Crippen LogP contribution in [0.3, 0.4) is 0 Å². The number of nitrogen functional groups attached to an aromatic ring is 1. The SMILES string of the molecule is Nc1nc(Cl)cc(Nc2ccc(Oc3ccnc4[nH]cc(CCO)c34)c(F)c2)n1. The maximum absolute atomic E-state index is 14.7. The minimum absolute atomic E-state index is 0.00677. The molecule has 0 aliphatic rings. The Balaban J connectivity index is 1.61. The second kappa shape index (κ2) is 7.90. The molecule has 0 bridgehead atoms. The van der Waals surface area contributed by atoms with E-state index < -0.39 is 5.82 Å². The van der Waals surface area contributed by atoms with Gasteiger partial charge in [0.15, 0.2) is 11.6 Å². The summed E-state index contributed by atoms with van der Waals surface area (Å²) in [4.78, 5) is 15.0. The molecule has 5 N–H and O–H groups in total. The Morgan fingerprint density at radius 3 is 2.83 bits per heavy atom. The van der Waals surface area contributed by atoms with Gasteiger partial charge in [-0.15, -0.1) is 0 Å². The van der Waals surface area contributed by atoms with E-state index in [0.717, 1.165) is 5.56 Å². The van der Waals surface area contributed by atoms with Crippen LogP contribution in [0.25, 0.3) is 11.0 Å². The molecule has 3 heterocycles. The predicted molar refractivity (Wildman–Crippen MR) is 108 cm³/mol. The smallest absolute Gasteiger partial charge is 0.223 e. The number of nitrogens with zero attached hydrogens (tertiary/aromatic N) is 3. The number of benzene rings is 1. The van der Waals surface area contributed by atoms with E-state index in [9.17, 15) is 9.50 Å². The van der Waals surface area contributed by atoms with E-state index in [1.165, 1.54) is 18.2 Å². The number of H-pyrrole nitrogens is 1. The third kappa shape index (κ3) is 4.05. The first kappa shape index (κ1) is 18.9. The fourth-order valence-electron chi connectivity index (χ4n) is 2.92. The Morgan fingerprint density at radius 1 is 1.21 bits per heavy atom. The predicted octanol–water partition coefficient (Wildman–Crippen LogP) is 3.80. The van der Waals surface area contributed by atoms with Crippen molar-refractivity contribution in [1.82, 2.24) is 19.9 Å². The van der Waals surface area contributed by atoms with Crippen LogP contribution < -0.4 is 15.8 Å².